The lowest BCUT2D eigenvalue weighted by molar-refractivity contribution is -0.132. The van der Waals surface area contributed by atoms with Crippen molar-refractivity contribution in [3.63, 3.8) is 0 Å². The molecular formula is C21H32N4O3. The van der Waals surface area contributed by atoms with Gasteiger partial charge in [0.1, 0.15) is 0 Å². The Morgan fingerprint density at radius 1 is 1.18 bits per heavy atom. The van der Waals surface area contributed by atoms with Crippen LogP contribution in [0.2, 0.25) is 0 Å². The Balaban J connectivity index is 1.54. The van der Waals surface area contributed by atoms with Crippen LogP contribution in [0.15, 0.2) is 18.2 Å². The van der Waals surface area contributed by atoms with E-state index < -0.39 is 0 Å². The molecule has 2 fully saturated rings. The molecule has 1 aromatic carbocycles. The van der Waals surface area contributed by atoms with E-state index in [-0.39, 0.29) is 18.0 Å². The van der Waals surface area contributed by atoms with Crippen LogP contribution in [0.25, 0.3) is 0 Å². The molecule has 0 saturated carbocycles. The second-order valence-electron chi connectivity index (χ2n) is 7.75. The Hall–Kier alpha value is -2.12. The van der Waals surface area contributed by atoms with Crippen molar-refractivity contribution in [2.45, 2.75) is 32.7 Å². The van der Waals surface area contributed by atoms with Crippen LogP contribution in [-0.4, -0.2) is 85.7 Å². The number of anilines is 1. The summed E-state index contributed by atoms with van der Waals surface area (Å²) in [6, 6.07) is 5.92. The van der Waals surface area contributed by atoms with Crippen molar-refractivity contribution in [1.29, 1.82) is 0 Å². The first-order valence-corrected chi connectivity index (χ1v) is 10.1. The van der Waals surface area contributed by atoms with Gasteiger partial charge in [-0.1, -0.05) is 17.7 Å². The maximum absolute atomic E-state index is 12.7. The van der Waals surface area contributed by atoms with E-state index in [0.717, 1.165) is 43.7 Å². The lowest BCUT2D eigenvalue weighted by atomic mass is 10.1. The van der Waals surface area contributed by atoms with Crippen molar-refractivity contribution >= 4 is 17.6 Å². The van der Waals surface area contributed by atoms with Gasteiger partial charge in [-0.25, -0.2) is 4.79 Å². The first kappa shape index (κ1) is 20.6. The van der Waals surface area contributed by atoms with E-state index in [1.165, 1.54) is 5.56 Å². The summed E-state index contributed by atoms with van der Waals surface area (Å²) in [7, 11) is 1.66. The number of carbonyl (C=O) groups is 2. The van der Waals surface area contributed by atoms with Gasteiger partial charge in [-0.2, -0.15) is 0 Å². The van der Waals surface area contributed by atoms with Gasteiger partial charge >= 0.3 is 6.03 Å². The summed E-state index contributed by atoms with van der Waals surface area (Å²) >= 11 is 0. The van der Waals surface area contributed by atoms with E-state index in [9.17, 15) is 9.59 Å². The molecule has 2 saturated heterocycles. The third-order valence-corrected chi connectivity index (χ3v) is 5.72. The molecule has 1 aromatic rings. The van der Waals surface area contributed by atoms with Crippen LogP contribution in [0.5, 0.6) is 0 Å². The molecule has 1 N–H and O–H groups in total. The van der Waals surface area contributed by atoms with Gasteiger partial charge in [-0.15, -0.1) is 0 Å². The van der Waals surface area contributed by atoms with Crippen LogP contribution in [0.3, 0.4) is 0 Å². The third-order valence-electron chi connectivity index (χ3n) is 5.72. The van der Waals surface area contributed by atoms with E-state index in [4.69, 9.17) is 4.74 Å². The predicted molar refractivity (Wildman–Crippen MR) is 110 cm³/mol. The number of likely N-dealkylation sites (tertiary alicyclic amines) is 1. The van der Waals surface area contributed by atoms with Crippen molar-refractivity contribution < 1.29 is 14.3 Å². The fraction of sp³-hybridized carbons (Fsp3) is 0.619. The van der Waals surface area contributed by atoms with Gasteiger partial charge in [0.25, 0.3) is 0 Å². The minimum Gasteiger partial charge on any atom is -0.383 e. The van der Waals surface area contributed by atoms with Gasteiger partial charge in [-0.3, -0.25) is 9.69 Å². The van der Waals surface area contributed by atoms with Crippen molar-refractivity contribution in [2.75, 3.05) is 58.3 Å². The van der Waals surface area contributed by atoms with Crippen molar-refractivity contribution in [3.8, 4) is 0 Å². The smallest absolute Gasteiger partial charge is 0.321 e. The highest BCUT2D eigenvalue weighted by Crippen LogP contribution is 2.20. The Morgan fingerprint density at radius 3 is 2.75 bits per heavy atom. The van der Waals surface area contributed by atoms with Crippen LogP contribution in [-0.2, 0) is 9.53 Å². The topological polar surface area (TPSA) is 65.1 Å². The SMILES string of the molecule is COCCN1CCC(N2CCCN(C(=O)Nc3ccc(C)cc3C)CC2)C1=O. The molecule has 2 aliphatic heterocycles. The number of hydrogen-bond acceptors (Lipinski definition) is 4. The second-order valence-corrected chi connectivity index (χ2v) is 7.75. The average molecular weight is 389 g/mol. The van der Waals surface area contributed by atoms with Crippen molar-refractivity contribution in [1.82, 2.24) is 14.7 Å². The molecule has 154 valence electrons. The highest BCUT2D eigenvalue weighted by molar-refractivity contribution is 5.90. The maximum Gasteiger partial charge on any atom is 0.321 e. The van der Waals surface area contributed by atoms with E-state index in [1.54, 1.807) is 7.11 Å². The monoisotopic (exact) mass is 388 g/mol. The number of nitrogens with one attached hydrogen (secondary N) is 1. The Kier molecular flexibility index (Phi) is 6.91. The summed E-state index contributed by atoms with van der Waals surface area (Å²) < 4.78 is 5.10. The summed E-state index contributed by atoms with van der Waals surface area (Å²) in [5, 5.41) is 3.04. The van der Waals surface area contributed by atoms with Gasteiger partial charge in [0.05, 0.1) is 12.6 Å². The molecule has 7 heteroatoms. The fourth-order valence-electron chi connectivity index (χ4n) is 4.09. The molecule has 7 nitrogen and oxygen atoms in total. The number of rotatable bonds is 5. The summed E-state index contributed by atoms with van der Waals surface area (Å²) in [5.74, 6) is 0.199. The molecule has 2 heterocycles. The van der Waals surface area contributed by atoms with Gasteiger partial charge < -0.3 is 19.9 Å². The zero-order valence-corrected chi connectivity index (χ0v) is 17.2. The Bertz CT molecular complexity index is 709. The number of nitrogens with zero attached hydrogens (tertiary/aromatic N) is 3. The van der Waals surface area contributed by atoms with E-state index >= 15 is 0 Å². The standard InChI is InChI=1S/C21H32N4O3/c1-16-5-6-18(17(2)15-16)22-21(27)25-9-4-8-23(11-12-25)19-7-10-24(20(19)26)13-14-28-3/h5-6,15,19H,4,7-14H2,1-3H3,(H,22,27). The van der Waals surface area contributed by atoms with Gasteiger partial charge in [-0.05, 0) is 38.3 Å². The first-order chi connectivity index (χ1) is 13.5. The molecule has 0 bridgehead atoms. The number of carbonyl (C=O) groups excluding carboxylic acids is 2. The van der Waals surface area contributed by atoms with Crippen molar-refractivity contribution in [2.24, 2.45) is 0 Å². The normalized spacial score (nSPS) is 21.1. The van der Waals surface area contributed by atoms with Gasteiger partial charge in [0, 0.05) is 52.1 Å². The highest BCUT2D eigenvalue weighted by atomic mass is 16.5. The molecule has 0 spiro atoms. The number of hydrogen-bond donors (Lipinski definition) is 1. The average Bonchev–Trinajstić information content (AvgIpc) is 2.88. The summed E-state index contributed by atoms with van der Waals surface area (Å²) in [5.41, 5.74) is 3.11. The van der Waals surface area contributed by atoms with Crippen LogP contribution >= 0.6 is 0 Å². The van der Waals surface area contributed by atoms with Crippen LogP contribution in [0.1, 0.15) is 24.0 Å². The summed E-state index contributed by atoms with van der Waals surface area (Å²) in [6.45, 7) is 9.00. The number of benzene rings is 1. The minimum absolute atomic E-state index is 0.0563. The zero-order chi connectivity index (χ0) is 20.1. The van der Waals surface area contributed by atoms with Gasteiger partial charge in [0.15, 0.2) is 0 Å². The second kappa shape index (κ2) is 9.39. The van der Waals surface area contributed by atoms with E-state index in [1.807, 2.05) is 35.8 Å². The molecule has 28 heavy (non-hydrogen) atoms. The molecule has 1 unspecified atom stereocenters. The van der Waals surface area contributed by atoms with E-state index in [0.29, 0.717) is 26.2 Å². The molecule has 0 aromatic heterocycles. The number of aryl methyl sites for hydroxylation is 2. The molecule has 3 amide bonds. The van der Waals surface area contributed by atoms with Gasteiger partial charge in [0.2, 0.25) is 5.91 Å². The largest absolute Gasteiger partial charge is 0.383 e. The Morgan fingerprint density at radius 2 is 2.00 bits per heavy atom. The molecule has 3 rings (SSSR count). The van der Waals surface area contributed by atoms with Crippen LogP contribution in [0.4, 0.5) is 10.5 Å². The highest BCUT2D eigenvalue weighted by Gasteiger charge is 2.36. The van der Waals surface area contributed by atoms with Crippen LogP contribution < -0.4 is 5.32 Å². The molecule has 0 radical (unpaired) electrons. The quantitative estimate of drug-likeness (QED) is 0.839. The first-order valence-electron chi connectivity index (χ1n) is 10.1. The number of amides is 3. The van der Waals surface area contributed by atoms with E-state index in [2.05, 4.69) is 16.3 Å². The predicted octanol–water partition coefficient (Wildman–Crippen LogP) is 2.09. The number of urea groups is 1. The third kappa shape index (κ3) is 4.83. The Labute approximate surface area is 167 Å². The number of ether oxygens (including phenoxy) is 1. The molecule has 1 atom stereocenters. The minimum atomic E-state index is -0.0618. The molecule has 0 aliphatic carbocycles. The molecular weight excluding hydrogens is 356 g/mol. The lowest BCUT2D eigenvalue weighted by Gasteiger charge is -2.26. The summed E-state index contributed by atoms with van der Waals surface area (Å²) in [6.07, 6.45) is 1.74. The summed E-state index contributed by atoms with van der Waals surface area (Å²) in [4.78, 5) is 31.4. The number of methoxy groups -OCH3 is 1. The maximum atomic E-state index is 12.7. The zero-order valence-electron chi connectivity index (χ0n) is 17.2. The van der Waals surface area contributed by atoms with Crippen LogP contribution in [0, 0.1) is 13.8 Å². The molecule has 2 aliphatic rings. The fourth-order valence-corrected chi connectivity index (χ4v) is 4.09. The lowest BCUT2D eigenvalue weighted by Crippen LogP contribution is -2.44. The van der Waals surface area contributed by atoms with Crippen molar-refractivity contribution in [3.05, 3.63) is 29.3 Å².